The van der Waals surface area contributed by atoms with Crippen LogP contribution < -0.4 is 0 Å². The fourth-order valence-electron chi connectivity index (χ4n) is 1.78. The predicted molar refractivity (Wildman–Crippen MR) is 74.1 cm³/mol. The molecule has 0 radical (unpaired) electrons. The number of hydrogen-bond acceptors (Lipinski definition) is 3. The van der Waals surface area contributed by atoms with Crippen molar-refractivity contribution in [2.24, 2.45) is 0 Å². The van der Waals surface area contributed by atoms with Gasteiger partial charge in [0.15, 0.2) is 0 Å². The molecule has 2 aromatic rings. The Hall–Kier alpha value is -1.66. The topological polar surface area (TPSA) is 55.2 Å². The van der Waals surface area contributed by atoms with Crippen molar-refractivity contribution in [3.63, 3.8) is 0 Å². The van der Waals surface area contributed by atoms with Gasteiger partial charge in [0.1, 0.15) is 5.82 Å². The molecular weight excluding hydrogens is 262 g/mol. The van der Waals surface area contributed by atoms with Gasteiger partial charge in [-0.3, -0.25) is 0 Å². The van der Waals surface area contributed by atoms with E-state index in [0.29, 0.717) is 12.2 Å². The van der Waals surface area contributed by atoms with Crippen molar-refractivity contribution in [2.75, 3.05) is 14.1 Å². The maximum Gasteiger partial charge on any atom is 0.308 e. The van der Waals surface area contributed by atoms with Crippen LogP contribution in [-0.2, 0) is 23.1 Å². The van der Waals surface area contributed by atoms with Gasteiger partial charge in [-0.1, -0.05) is 30.3 Å². The second-order valence-electron chi connectivity index (χ2n) is 4.42. The predicted octanol–water partition coefficient (Wildman–Crippen LogP) is 1.32. The minimum atomic E-state index is -3.48. The van der Waals surface area contributed by atoms with Crippen LogP contribution in [0.25, 0.3) is 0 Å². The Morgan fingerprint density at radius 1 is 1.16 bits per heavy atom. The largest absolute Gasteiger partial charge is 0.308 e. The van der Waals surface area contributed by atoms with Crippen LogP contribution in [0.2, 0.25) is 0 Å². The molecule has 0 bridgehead atoms. The highest BCUT2D eigenvalue weighted by molar-refractivity contribution is 7.87. The van der Waals surface area contributed by atoms with E-state index < -0.39 is 10.2 Å². The third-order valence-electron chi connectivity index (χ3n) is 2.87. The summed E-state index contributed by atoms with van der Waals surface area (Å²) < 4.78 is 26.6. The molecule has 1 aromatic carbocycles. The monoisotopic (exact) mass is 279 g/mol. The second-order valence-corrected chi connectivity index (χ2v) is 6.43. The lowest BCUT2D eigenvalue weighted by molar-refractivity contribution is 0.508. The van der Waals surface area contributed by atoms with Crippen molar-refractivity contribution < 1.29 is 8.42 Å². The molecule has 1 heterocycles. The van der Waals surface area contributed by atoms with Crippen molar-refractivity contribution in [3.05, 3.63) is 54.1 Å². The van der Waals surface area contributed by atoms with Gasteiger partial charge in [0, 0.05) is 32.9 Å². The van der Waals surface area contributed by atoms with Crippen molar-refractivity contribution >= 4 is 10.2 Å². The van der Waals surface area contributed by atoms with Crippen LogP contribution in [0.15, 0.2) is 42.7 Å². The molecule has 0 unspecified atom stereocenters. The number of hydrogen-bond donors (Lipinski definition) is 0. The number of aromatic nitrogens is 2. The summed E-state index contributed by atoms with van der Waals surface area (Å²) in [6.07, 6.45) is 4.35. The number of imidazole rings is 1. The average Bonchev–Trinajstić information content (AvgIpc) is 2.86. The van der Waals surface area contributed by atoms with Gasteiger partial charge in [-0.25, -0.2) is 8.96 Å². The normalized spacial score (nSPS) is 11.9. The van der Waals surface area contributed by atoms with E-state index in [0.717, 1.165) is 6.42 Å². The summed E-state index contributed by atoms with van der Waals surface area (Å²) in [5.41, 5.74) is 1.17. The van der Waals surface area contributed by atoms with Gasteiger partial charge in [-0.05, 0) is 12.0 Å². The summed E-state index contributed by atoms with van der Waals surface area (Å²) in [7, 11) is -0.461. The third-order valence-corrected chi connectivity index (χ3v) is 4.62. The first-order valence-electron chi connectivity index (χ1n) is 6.01. The zero-order valence-electron chi connectivity index (χ0n) is 11.0. The molecule has 5 nitrogen and oxygen atoms in total. The number of rotatable bonds is 5. The molecule has 0 atom stereocenters. The lowest BCUT2D eigenvalue weighted by Crippen LogP contribution is -2.29. The molecule has 0 amide bonds. The van der Waals surface area contributed by atoms with Crippen LogP contribution in [0.5, 0.6) is 0 Å². The standard InChI is InChI=1S/C13H17N3O2S/c1-15(2)19(17,18)16-11-10-14-13(16)9-8-12-6-4-3-5-7-12/h3-7,10-11H,8-9H2,1-2H3. The first-order valence-corrected chi connectivity index (χ1v) is 7.40. The van der Waals surface area contributed by atoms with Gasteiger partial charge < -0.3 is 0 Å². The molecule has 0 N–H and O–H groups in total. The number of benzene rings is 1. The Morgan fingerprint density at radius 3 is 2.47 bits per heavy atom. The molecule has 19 heavy (non-hydrogen) atoms. The van der Waals surface area contributed by atoms with Gasteiger partial charge in [-0.15, -0.1) is 0 Å². The smallest absolute Gasteiger partial charge is 0.241 e. The molecule has 0 saturated heterocycles. The van der Waals surface area contributed by atoms with Gasteiger partial charge in [0.2, 0.25) is 0 Å². The lowest BCUT2D eigenvalue weighted by Gasteiger charge is -2.14. The fourth-order valence-corrected chi connectivity index (χ4v) is 2.75. The van der Waals surface area contributed by atoms with Crippen LogP contribution in [0.1, 0.15) is 11.4 Å². The van der Waals surface area contributed by atoms with Crippen LogP contribution in [0, 0.1) is 0 Å². The van der Waals surface area contributed by atoms with E-state index in [1.807, 2.05) is 30.3 Å². The Kier molecular flexibility index (Phi) is 4.01. The van der Waals surface area contributed by atoms with E-state index in [1.54, 1.807) is 0 Å². The summed E-state index contributed by atoms with van der Waals surface area (Å²) in [4.78, 5) is 4.14. The molecule has 0 aliphatic carbocycles. The highest BCUT2D eigenvalue weighted by Crippen LogP contribution is 2.10. The maximum absolute atomic E-state index is 12.1. The molecule has 0 saturated carbocycles. The average molecular weight is 279 g/mol. The van der Waals surface area contributed by atoms with E-state index in [-0.39, 0.29) is 0 Å². The molecule has 0 aliphatic heterocycles. The van der Waals surface area contributed by atoms with Crippen LogP contribution in [0.3, 0.4) is 0 Å². The Balaban J connectivity index is 2.17. The zero-order valence-corrected chi connectivity index (χ0v) is 11.8. The molecule has 0 aliphatic rings. The van der Waals surface area contributed by atoms with Gasteiger partial charge >= 0.3 is 10.2 Å². The number of aryl methyl sites for hydroxylation is 2. The summed E-state index contributed by atoms with van der Waals surface area (Å²) in [5.74, 6) is 0.553. The minimum Gasteiger partial charge on any atom is -0.241 e. The summed E-state index contributed by atoms with van der Waals surface area (Å²) >= 11 is 0. The quantitative estimate of drug-likeness (QED) is 0.829. The van der Waals surface area contributed by atoms with Gasteiger partial charge in [0.25, 0.3) is 0 Å². The molecule has 1 aromatic heterocycles. The van der Waals surface area contributed by atoms with E-state index >= 15 is 0 Å². The van der Waals surface area contributed by atoms with E-state index in [2.05, 4.69) is 4.98 Å². The van der Waals surface area contributed by atoms with Crippen molar-refractivity contribution in [1.29, 1.82) is 0 Å². The summed E-state index contributed by atoms with van der Waals surface area (Å²) in [6.45, 7) is 0. The summed E-state index contributed by atoms with van der Waals surface area (Å²) in [5, 5.41) is 0. The van der Waals surface area contributed by atoms with Crippen molar-refractivity contribution in [1.82, 2.24) is 13.3 Å². The molecule has 0 fully saturated rings. The van der Waals surface area contributed by atoms with E-state index in [4.69, 9.17) is 0 Å². The molecular formula is C13H17N3O2S. The summed E-state index contributed by atoms with van der Waals surface area (Å²) in [6, 6.07) is 9.94. The minimum absolute atomic E-state index is 0.553. The number of nitrogens with zero attached hydrogens (tertiary/aromatic N) is 3. The molecule has 102 valence electrons. The molecule has 0 spiro atoms. The third kappa shape index (κ3) is 3.02. The van der Waals surface area contributed by atoms with Gasteiger partial charge in [0.05, 0.1) is 0 Å². The highest BCUT2D eigenvalue weighted by Gasteiger charge is 2.19. The SMILES string of the molecule is CN(C)S(=O)(=O)n1ccnc1CCc1ccccc1. The van der Waals surface area contributed by atoms with Gasteiger partial charge in [-0.2, -0.15) is 12.7 Å². The van der Waals surface area contributed by atoms with Crippen LogP contribution >= 0.6 is 0 Å². The molecule has 2 rings (SSSR count). The first kappa shape index (κ1) is 13.8. The van der Waals surface area contributed by atoms with Crippen molar-refractivity contribution in [2.45, 2.75) is 12.8 Å². The maximum atomic E-state index is 12.1. The Bertz CT molecular complexity index is 633. The van der Waals surface area contributed by atoms with Crippen molar-refractivity contribution in [3.8, 4) is 0 Å². The lowest BCUT2D eigenvalue weighted by atomic mass is 10.1. The Labute approximate surface area is 113 Å². The first-order chi connectivity index (χ1) is 9.01. The second kappa shape index (κ2) is 5.54. The molecule has 6 heteroatoms. The highest BCUT2D eigenvalue weighted by atomic mass is 32.2. The van der Waals surface area contributed by atoms with E-state index in [9.17, 15) is 8.42 Å². The van der Waals surface area contributed by atoms with Crippen LogP contribution in [-0.4, -0.2) is 35.8 Å². The van der Waals surface area contributed by atoms with E-state index in [1.165, 1.54) is 40.3 Å². The fraction of sp³-hybridized carbons (Fsp3) is 0.308. The Morgan fingerprint density at radius 2 is 1.84 bits per heavy atom. The van der Waals surface area contributed by atoms with Crippen LogP contribution in [0.4, 0.5) is 0 Å². The zero-order chi connectivity index (χ0) is 13.9.